The van der Waals surface area contributed by atoms with E-state index in [1.165, 1.54) is 0 Å². The zero-order valence-electron chi connectivity index (χ0n) is 8.34. The van der Waals surface area contributed by atoms with Gasteiger partial charge in [-0.2, -0.15) is 0 Å². The predicted octanol–water partition coefficient (Wildman–Crippen LogP) is -4.06. The first-order valence-electron chi connectivity index (χ1n) is 2.76. The molecule has 0 bridgehead atoms. The molecule has 0 aliphatic heterocycles. The topological polar surface area (TPSA) is 115 Å². The third-order valence-corrected chi connectivity index (χ3v) is 0. The summed E-state index contributed by atoms with van der Waals surface area (Å²) in [4.78, 5) is 26.9. The second-order valence-corrected chi connectivity index (χ2v) is 1.53. The monoisotopic (exact) mass is 324 g/mol. The molecule has 2 N–H and O–H groups in total. The molecule has 0 aromatic carbocycles. The first-order valence-corrected chi connectivity index (χ1v) is 2.76. The Labute approximate surface area is 138 Å². The van der Waals surface area contributed by atoms with E-state index in [2.05, 4.69) is 0 Å². The van der Waals surface area contributed by atoms with E-state index in [1.54, 1.807) is 0 Å². The van der Waals surface area contributed by atoms with Gasteiger partial charge in [-0.05, 0) is 6.92 Å². The first kappa shape index (κ1) is 29.3. The number of aliphatic carboxylic acids is 3. The van der Waals surface area contributed by atoms with Crippen LogP contribution in [0.2, 0.25) is 0 Å². The molecule has 0 aromatic heterocycles. The van der Waals surface area contributed by atoms with E-state index in [9.17, 15) is 0 Å². The van der Waals surface area contributed by atoms with Crippen molar-refractivity contribution in [3.63, 3.8) is 0 Å². The molecule has 0 spiro atoms. The van der Waals surface area contributed by atoms with Crippen molar-refractivity contribution in [3.8, 4) is 0 Å². The Morgan fingerprint density at radius 3 is 0.929 bits per heavy atom. The second-order valence-electron chi connectivity index (χ2n) is 1.53. The van der Waals surface area contributed by atoms with Gasteiger partial charge in [0.25, 0.3) is 11.9 Å². The van der Waals surface area contributed by atoms with Crippen LogP contribution in [-0.4, -0.2) is 28.1 Å². The minimum atomic E-state index is -1.08. The van der Waals surface area contributed by atoms with Crippen molar-refractivity contribution in [2.75, 3.05) is 0 Å². The Balaban J connectivity index is -0.0000000270. The number of hydrogen-bond acceptors (Lipinski definition) is 4. The average Bonchev–Trinajstić information content (AvgIpc) is 1.54. The van der Waals surface area contributed by atoms with E-state index in [1.807, 2.05) is 0 Å². The molecular formula is C6H11KO6Pd. The smallest absolute Gasteiger partial charge is 0.550 e. The fourth-order valence-electron chi connectivity index (χ4n) is 0. The van der Waals surface area contributed by atoms with Crippen molar-refractivity contribution in [2.45, 2.75) is 20.8 Å². The molecule has 0 aliphatic carbocycles. The summed E-state index contributed by atoms with van der Waals surface area (Å²) in [5, 5.41) is 23.7. The van der Waals surface area contributed by atoms with Gasteiger partial charge in [0.05, 0.1) is 0 Å². The Morgan fingerprint density at radius 2 is 0.929 bits per heavy atom. The summed E-state index contributed by atoms with van der Waals surface area (Å²) in [6, 6.07) is 0. The van der Waals surface area contributed by atoms with Crippen molar-refractivity contribution < 1.29 is 102 Å². The summed E-state index contributed by atoms with van der Waals surface area (Å²) >= 11 is 0. The molecular weight excluding hydrogens is 314 g/mol. The van der Waals surface area contributed by atoms with E-state index in [-0.39, 0.29) is 71.8 Å². The third kappa shape index (κ3) is 3470. The molecule has 8 heteroatoms. The van der Waals surface area contributed by atoms with Crippen LogP contribution in [-0.2, 0) is 34.8 Å². The molecule has 0 aromatic rings. The van der Waals surface area contributed by atoms with Gasteiger partial charge in [0, 0.05) is 40.2 Å². The number of carboxylic acid groups (broad SMARTS) is 3. The van der Waals surface area contributed by atoms with Gasteiger partial charge in [0.15, 0.2) is 0 Å². The maximum atomic E-state index is 9.00. The summed E-state index contributed by atoms with van der Waals surface area (Å²) in [5.74, 6) is -2.75. The van der Waals surface area contributed by atoms with Gasteiger partial charge in [-0.3, -0.25) is 9.59 Å². The summed E-state index contributed by atoms with van der Waals surface area (Å²) < 4.78 is 0. The molecule has 0 amide bonds. The number of rotatable bonds is 0. The number of carbonyl (C=O) groups is 3. The van der Waals surface area contributed by atoms with Gasteiger partial charge < -0.3 is 20.1 Å². The molecule has 0 radical (unpaired) electrons. The Bertz CT molecular complexity index is 120. The number of carboxylic acids is 3. The van der Waals surface area contributed by atoms with E-state index in [0.29, 0.717) is 0 Å². The maximum Gasteiger partial charge on any atom is 1.00 e. The number of carbonyl (C=O) groups excluding carboxylic acids is 1. The molecule has 0 atom stereocenters. The van der Waals surface area contributed by atoms with Crippen LogP contribution in [0, 0.1) is 0 Å². The molecule has 6 nitrogen and oxygen atoms in total. The van der Waals surface area contributed by atoms with Crippen LogP contribution in [0.5, 0.6) is 0 Å². The van der Waals surface area contributed by atoms with Crippen LogP contribution in [0.1, 0.15) is 20.8 Å². The van der Waals surface area contributed by atoms with E-state index >= 15 is 0 Å². The van der Waals surface area contributed by atoms with E-state index in [4.69, 9.17) is 29.7 Å². The van der Waals surface area contributed by atoms with Crippen molar-refractivity contribution >= 4 is 17.9 Å². The second kappa shape index (κ2) is 23.5. The van der Waals surface area contributed by atoms with Crippen LogP contribution >= 0.6 is 0 Å². The van der Waals surface area contributed by atoms with Gasteiger partial charge >= 0.3 is 51.4 Å². The fraction of sp³-hybridized carbons (Fsp3) is 0.500. The van der Waals surface area contributed by atoms with Gasteiger partial charge in [-0.15, -0.1) is 0 Å². The maximum absolute atomic E-state index is 9.00. The summed E-state index contributed by atoms with van der Waals surface area (Å²) in [7, 11) is 0. The molecule has 0 saturated heterocycles. The van der Waals surface area contributed by atoms with E-state index < -0.39 is 17.9 Å². The molecule has 0 saturated carbocycles. The molecule has 0 aliphatic rings. The van der Waals surface area contributed by atoms with Crippen LogP contribution in [0.4, 0.5) is 0 Å². The molecule has 0 fully saturated rings. The van der Waals surface area contributed by atoms with Crippen molar-refractivity contribution in [1.82, 2.24) is 0 Å². The minimum absolute atomic E-state index is 0. The molecule has 0 rings (SSSR count). The van der Waals surface area contributed by atoms with Crippen molar-refractivity contribution in [3.05, 3.63) is 0 Å². The zero-order chi connectivity index (χ0) is 10.7. The predicted molar refractivity (Wildman–Crippen MR) is 37.3 cm³/mol. The molecule has 0 unspecified atom stereocenters. The fourth-order valence-corrected chi connectivity index (χ4v) is 0. The van der Waals surface area contributed by atoms with Crippen LogP contribution in [0.3, 0.4) is 0 Å². The largest absolute Gasteiger partial charge is 1.00 e. The summed E-state index contributed by atoms with van der Waals surface area (Å²) in [6.45, 7) is 3.14. The Hall–Kier alpha value is 0.709. The van der Waals surface area contributed by atoms with Crippen LogP contribution in [0.25, 0.3) is 0 Å². The Kier molecular flexibility index (Phi) is 49.2. The first-order chi connectivity index (χ1) is 5.20. The van der Waals surface area contributed by atoms with Crippen LogP contribution < -0.4 is 56.5 Å². The molecule has 14 heavy (non-hydrogen) atoms. The van der Waals surface area contributed by atoms with Gasteiger partial charge in [0.2, 0.25) is 0 Å². The molecule has 82 valence electrons. The SMILES string of the molecule is CC(=O)O.CC(=O)O.CC(=O)[O-].[K+].[Pd]. The standard InChI is InChI=1S/3C2H4O2.K.Pd/c3*1-2(3)4;;/h3*1H3,(H,3,4);;/q;;;+1;/p-1. The van der Waals surface area contributed by atoms with Gasteiger partial charge in [-0.25, -0.2) is 0 Å². The zero-order valence-corrected chi connectivity index (χ0v) is 13.0. The number of hydrogen-bond donors (Lipinski definition) is 2. The van der Waals surface area contributed by atoms with Gasteiger partial charge in [-0.1, -0.05) is 0 Å². The van der Waals surface area contributed by atoms with Crippen molar-refractivity contribution in [1.29, 1.82) is 0 Å². The molecule has 0 heterocycles. The quantitative estimate of drug-likeness (QED) is 0.438. The summed E-state index contributed by atoms with van der Waals surface area (Å²) in [5.41, 5.74) is 0. The third-order valence-electron chi connectivity index (χ3n) is 0. The van der Waals surface area contributed by atoms with E-state index in [0.717, 1.165) is 20.8 Å². The normalized spacial score (nSPS) is 5.36. The minimum Gasteiger partial charge on any atom is -0.550 e. The average molecular weight is 325 g/mol. The van der Waals surface area contributed by atoms with Crippen molar-refractivity contribution in [2.24, 2.45) is 0 Å². The van der Waals surface area contributed by atoms with Gasteiger partial charge in [0.1, 0.15) is 0 Å². The Morgan fingerprint density at radius 1 is 0.929 bits per heavy atom. The van der Waals surface area contributed by atoms with Crippen LogP contribution in [0.15, 0.2) is 0 Å². The summed E-state index contributed by atoms with van der Waals surface area (Å²) in [6.07, 6.45) is 0.